The molecule has 0 aliphatic carbocycles. The highest BCUT2D eigenvalue weighted by molar-refractivity contribution is 6.33. The highest BCUT2D eigenvalue weighted by Crippen LogP contribution is 2.22. The van der Waals surface area contributed by atoms with Crippen LogP contribution in [0.15, 0.2) is 24.3 Å². The van der Waals surface area contributed by atoms with Crippen molar-refractivity contribution in [1.29, 1.82) is 5.26 Å². The zero-order valence-corrected chi connectivity index (χ0v) is 11.7. The number of nitrogens with one attached hydrogen (secondary N) is 1. The third-order valence-electron chi connectivity index (χ3n) is 2.96. The van der Waals surface area contributed by atoms with Gasteiger partial charge in [0.05, 0.1) is 16.8 Å². The molecular formula is C15H21ClN2. The normalized spacial score (nSPS) is 11.8. The van der Waals surface area contributed by atoms with Crippen molar-refractivity contribution >= 4 is 17.3 Å². The second-order valence-corrected chi connectivity index (χ2v) is 4.92. The van der Waals surface area contributed by atoms with Crippen LogP contribution in [0.1, 0.15) is 45.4 Å². The van der Waals surface area contributed by atoms with Gasteiger partial charge in [0, 0.05) is 0 Å². The number of para-hydroxylation sites is 1. The fraction of sp³-hybridized carbons (Fsp3) is 0.533. The minimum atomic E-state index is -0.147. The third kappa shape index (κ3) is 5.42. The van der Waals surface area contributed by atoms with Gasteiger partial charge >= 0.3 is 0 Å². The summed E-state index contributed by atoms with van der Waals surface area (Å²) in [4.78, 5) is 0. The molecule has 18 heavy (non-hydrogen) atoms. The van der Waals surface area contributed by atoms with Gasteiger partial charge in [0.15, 0.2) is 0 Å². The highest BCUT2D eigenvalue weighted by atomic mass is 35.5. The maximum Gasteiger partial charge on any atom is 0.114 e. The van der Waals surface area contributed by atoms with Crippen molar-refractivity contribution in [2.24, 2.45) is 0 Å². The Kier molecular flexibility index (Phi) is 7.29. The standard InChI is InChI=1S/C15H21ClN2/c1-2-3-4-5-6-9-13(12-17)18-15-11-8-7-10-14(15)16/h7-8,10-11,13,18H,2-6,9H2,1H3. The highest BCUT2D eigenvalue weighted by Gasteiger charge is 2.08. The van der Waals surface area contributed by atoms with Gasteiger partial charge in [-0.05, 0) is 18.6 Å². The van der Waals surface area contributed by atoms with Crippen LogP contribution in [0.4, 0.5) is 5.69 Å². The van der Waals surface area contributed by atoms with Crippen LogP contribution in [0, 0.1) is 11.3 Å². The first-order valence-corrected chi connectivity index (χ1v) is 7.06. The Morgan fingerprint density at radius 3 is 2.61 bits per heavy atom. The molecule has 0 saturated heterocycles. The number of nitriles is 1. The number of hydrogen-bond donors (Lipinski definition) is 1. The quantitative estimate of drug-likeness (QED) is 0.671. The number of unbranched alkanes of at least 4 members (excludes halogenated alkanes) is 4. The topological polar surface area (TPSA) is 35.8 Å². The molecule has 3 heteroatoms. The summed E-state index contributed by atoms with van der Waals surface area (Å²) in [5.41, 5.74) is 0.847. The van der Waals surface area contributed by atoms with Crippen LogP contribution in [0.3, 0.4) is 0 Å². The largest absolute Gasteiger partial charge is 0.369 e. The molecule has 0 radical (unpaired) electrons. The van der Waals surface area contributed by atoms with Crippen molar-refractivity contribution in [2.75, 3.05) is 5.32 Å². The van der Waals surface area contributed by atoms with Crippen LogP contribution in [-0.4, -0.2) is 6.04 Å². The molecule has 2 nitrogen and oxygen atoms in total. The summed E-state index contributed by atoms with van der Waals surface area (Å²) in [5.74, 6) is 0. The van der Waals surface area contributed by atoms with Crippen LogP contribution < -0.4 is 5.32 Å². The first-order chi connectivity index (χ1) is 8.77. The van der Waals surface area contributed by atoms with E-state index >= 15 is 0 Å². The molecule has 1 rings (SSSR count). The van der Waals surface area contributed by atoms with Gasteiger partial charge in [-0.1, -0.05) is 62.8 Å². The van der Waals surface area contributed by atoms with Crippen molar-refractivity contribution in [3.63, 3.8) is 0 Å². The maximum atomic E-state index is 9.13. The van der Waals surface area contributed by atoms with Crippen molar-refractivity contribution in [2.45, 2.75) is 51.5 Å². The molecule has 1 N–H and O–H groups in total. The molecule has 0 spiro atoms. The van der Waals surface area contributed by atoms with E-state index in [1.54, 1.807) is 0 Å². The molecule has 0 amide bonds. The van der Waals surface area contributed by atoms with Gasteiger partial charge < -0.3 is 5.32 Å². The second-order valence-electron chi connectivity index (χ2n) is 4.51. The predicted molar refractivity (Wildman–Crippen MR) is 77.9 cm³/mol. The van der Waals surface area contributed by atoms with E-state index in [-0.39, 0.29) is 6.04 Å². The van der Waals surface area contributed by atoms with Gasteiger partial charge in [-0.15, -0.1) is 0 Å². The Balaban J connectivity index is 2.34. The van der Waals surface area contributed by atoms with Crippen LogP contribution >= 0.6 is 11.6 Å². The lowest BCUT2D eigenvalue weighted by Crippen LogP contribution is -2.17. The first kappa shape index (κ1) is 14.9. The number of halogens is 1. The van der Waals surface area contributed by atoms with Crippen LogP contribution in [0.2, 0.25) is 5.02 Å². The average Bonchev–Trinajstić information content (AvgIpc) is 2.39. The van der Waals surface area contributed by atoms with Crippen LogP contribution in [0.25, 0.3) is 0 Å². The fourth-order valence-corrected chi connectivity index (χ4v) is 2.08. The van der Waals surface area contributed by atoms with Crippen molar-refractivity contribution < 1.29 is 0 Å². The number of hydrogen-bond acceptors (Lipinski definition) is 2. The van der Waals surface area contributed by atoms with Gasteiger partial charge in [-0.2, -0.15) is 5.26 Å². The van der Waals surface area contributed by atoms with E-state index in [9.17, 15) is 0 Å². The van der Waals surface area contributed by atoms with E-state index in [4.69, 9.17) is 16.9 Å². The van der Waals surface area contributed by atoms with Gasteiger partial charge in [-0.3, -0.25) is 0 Å². The molecule has 0 aliphatic rings. The fourth-order valence-electron chi connectivity index (χ4n) is 1.89. The molecule has 1 aromatic rings. The third-order valence-corrected chi connectivity index (χ3v) is 3.29. The van der Waals surface area contributed by atoms with Gasteiger partial charge in [0.2, 0.25) is 0 Å². The monoisotopic (exact) mass is 264 g/mol. The average molecular weight is 265 g/mol. The predicted octanol–water partition coefficient (Wildman–Crippen LogP) is 5.00. The van der Waals surface area contributed by atoms with E-state index in [1.807, 2.05) is 24.3 Å². The Hall–Kier alpha value is -1.20. The van der Waals surface area contributed by atoms with E-state index in [0.717, 1.165) is 18.5 Å². The Bertz CT molecular complexity index is 384. The number of benzene rings is 1. The summed E-state index contributed by atoms with van der Waals surface area (Å²) >= 11 is 6.06. The zero-order chi connectivity index (χ0) is 13.2. The van der Waals surface area contributed by atoms with Gasteiger partial charge in [0.25, 0.3) is 0 Å². The minimum Gasteiger partial charge on any atom is -0.369 e. The lowest BCUT2D eigenvalue weighted by Gasteiger charge is -2.13. The molecule has 0 saturated carbocycles. The first-order valence-electron chi connectivity index (χ1n) is 6.68. The van der Waals surface area contributed by atoms with Crippen molar-refractivity contribution in [1.82, 2.24) is 0 Å². The molecule has 0 bridgehead atoms. The van der Waals surface area contributed by atoms with E-state index in [2.05, 4.69) is 18.3 Å². The van der Waals surface area contributed by atoms with E-state index in [0.29, 0.717) is 5.02 Å². The maximum absolute atomic E-state index is 9.13. The van der Waals surface area contributed by atoms with Crippen LogP contribution in [-0.2, 0) is 0 Å². The van der Waals surface area contributed by atoms with Gasteiger partial charge in [0.1, 0.15) is 6.04 Å². The summed E-state index contributed by atoms with van der Waals surface area (Å²) in [6.07, 6.45) is 6.98. The second kappa shape index (κ2) is 8.83. The van der Waals surface area contributed by atoms with Gasteiger partial charge in [-0.25, -0.2) is 0 Å². The summed E-state index contributed by atoms with van der Waals surface area (Å²) in [5, 5.41) is 13.0. The summed E-state index contributed by atoms with van der Waals surface area (Å²) in [6, 6.07) is 9.70. The molecule has 0 heterocycles. The van der Waals surface area contributed by atoms with Crippen molar-refractivity contribution in [3.8, 4) is 6.07 Å². The Morgan fingerprint density at radius 2 is 1.94 bits per heavy atom. The minimum absolute atomic E-state index is 0.147. The molecular weight excluding hydrogens is 244 g/mol. The van der Waals surface area contributed by atoms with E-state index < -0.39 is 0 Å². The lowest BCUT2D eigenvalue weighted by molar-refractivity contribution is 0.597. The summed E-state index contributed by atoms with van der Waals surface area (Å²) in [6.45, 7) is 2.21. The van der Waals surface area contributed by atoms with E-state index in [1.165, 1.54) is 25.7 Å². The number of nitrogens with zero attached hydrogens (tertiary/aromatic N) is 1. The zero-order valence-electron chi connectivity index (χ0n) is 11.0. The SMILES string of the molecule is CCCCCCCC(C#N)Nc1ccccc1Cl. The Morgan fingerprint density at radius 1 is 1.22 bits per heavy atom. The summed E-state index contributed by atoms with van der Waals surface area (Å²) in [7, 11) is 0. The number of rotatable bonds is 8. The molecule has 1 unspecified atom stereocenters. The number of anilines is 1. The molecule has 0 aliphatic heterocycles. The smallest absolute Gasteiger partial charge is 0.114 e. The van der Waals surface area contributed by atoms with Crippen LogP contribution in [0.5, 0.6) is 0 Å². The lowest BCUT2D eigenvalue weighted by atomic mass is 10.1. The Labute approximate surface area is 115 Å². The molecule has 1 atom stereocenters. The molecule has 0 fully saturated rings. The van der Waals surface area contributed by atoms with Crippen molar-refractivity contribution in [3.05, 3.63) is 29.3 Å². The summed E-state index contributed by atoms with van der Waals surface area (Å²) < 4.78 is 0. The molecule has 0 aromatic heterocycles. The molecule has 98 valence electrons. The molecule has 1 aromatic carbocycles.